The molecule has 166 valence electrons. The number of hydrogen-bond acceptors (Lipinski definition) is 8. The summed E-state index contributed by atoms with van der Waals surface area (Å²) in [7, 11) is 1.80. The van der Waals surface area contributed by atoms with Gasteiger partial charge in [0.05, 0.1) is 11.5 Å². The molecule has 0 saturated carbocycles. The lowest BCUT2D eigenvalue weighted by atomic mass is 10.1. The summed E-state index contributed by atoms with van der Waals surface area (Å²) in [4.78, 5) is 26.1. The molecule has 0 bridgehead atoms. The number of benzene rings is 1. The number of thiazole rings is 1. The molecular weight excluding hydrogens is 433 g/mol. The van der Waals surface area contributed by atoms with E-state index in [0.29, 0.717) is 28.6 Å². The highest BCUT2D eigenvalue weighted by Gasteiger charge is 2.36. The molecule has 8 nitrogen and oxygen atoms in total. The van der Waals surface area contributed by atoms with E-state index < -0.39 is 11.9 Å². The summed E-state index contributed by atoms with van der Waals surface area (Å²) in [6.07, 6.45) is -3.12. The summed E-state index contributed by atoms with van der Waals surface area (Å²) in [6, 6.07) is 5.04. The van der Waals surface area contributed by atoms with Crippen molar-refractivity contribution in [3.8, 4) is 10.4 Å². The summed E-state index contributed by atoms with van der Waals surface area (Å²) in [6.45, 7) is 1.75. The minimum Gasteiger partial charge on any atom is -0.395 e. The number of aliphatic hydroxyl groups excluding tert-OH is 1. The lowest BCUT2D eigenvalue weighted by molar-refractivity contribution is -0.114. The largest absolute Gasteiger partial charge is 0.429 e. The number of hydrogen-bond donors (Lipinski definition) is 3. The van der Waals surface area contributed by atoms with E-state index >= 15 is 0 Å². The second-order valence-corrected chi connectivity index (χ2v) is 7.78. The van der Waals surface area contributed by atoms with Gasteiger partial charge < -0.3 is 20.6 Å². The molecule has 12 heteroatoms. The predicted octanol–water partition coefficient (Wildman–Crippen LogP) is 3.37. The third-order valence-corrected chi connectivity index (χ3v) is 5.39. The number of guanidine groups is 1. The van der Waals surface area contributed by atoms with E-state index in [9.17, 15) is 18.0 Å². The number of nitrogens with zero attached hydrogens (tertiary/aromatic N) is 4. The molecule has 1 aromatic carbocycles. The number of amides is 1. The Morgan fingerprint density at radius 3 is 2.71 bits per heavy atom. The zero-order valence-electron chi connectivity index (χ0n) is 16.8. The Morgan fingerprint density at radius 2 is 2.03 bits per heavy atom. The minimum atomic E-state index is -4.51. The predicted molar refractivity (Wildman–Crippen MR) is 116 cm³/mol. The van der Waals surface area contributed by atoms with Crippen LogP contribution in [0.15, 0.2) is 34.4 Å². The van der Waals surface area contributed by atoms with E-state index in [1.54, 1.807) is 36.3 Å². The van der Waals surface area contributed by atoms with Gasteiger partial charge in [-0.2, -0.15) is 13.2 Å². The lowest BCUT2D eigenvalue weighted by Gasteiger charge is -2.16. The van der Waals surface area contributed by atoms with Crippen molar-refractivity contribution in [1.82, 2.24) is 4.98 Å². The summed E-state index contributed by atoms with van der Waals surface area (Å²) in [5.41, 5.74) is 0.696. The van der Waals surface area contributed by atoms with E-state index in [4.69, 9.17) is 5.11 Å². The van der Waals surface area contributed by atoms with Crippen LogP contribution < -0.4 is 15.5 Å². The van der Waals surface area contributed by atoms with Gasteiger partial charge in [0.2, 0.25) is 11.9 Å². The van der Waals surface area contributed by atoms with Crippen molar-refractivity contribution in [1.29, 1.82) is 0 Å². The van der Waals surface area contributed by atoms with Gasteiger partial charge in [-0.25, -0.2) is 9.98 Å². The van der Waals surface area contributed by atoms with Gasteiger partial charge in [0.15, 0.2) is 5.13 Å². The topological polar surface area (TPSA) is 102 Å². The summed E-state index contributed by atoms with van der Waals surface area (Å²) < 4.78 is 38.9. The van der Waals surface area contributed by atoms with Crippen LogP contribution in [0.5, 0.6) is 0 Å². The van der Waals surface area contributed by atoms with Gasteiger partial charge in [0.25, 0.3) is 0 Å². The van der Waals surface area contributed by atoms with Gasteiger partial charge in [0, 0.05) is 51.1 Å². The Hall–Kier alpha value is -2.99. The molecule has 0 spiro atoms. The number of anilines is 3. The number of rotatable bonds is 6. The highest BCUT2D eigenvalue weighted by Crippen LogP contribution is 2.34. The molecule has 0 unspecified atom stereocenters. The highest BCUT2D eigenvalue weighted by atomic mass is 32.1. The average Bonchev–Trinajstić information content (AvgIpc) is 3.17. The van der Waals surface area contributed by atoms with Crippen LogP contribution in [0.2, 0.25) is 0 Å². The third kappa shape index (κ3) is 6.01. The van der Waals surface area contributed by atoms with E-state index in [2.05, 4.69) is 25.6 Å². The van der Waals surface area contributed by atoms with E-state index in [-0.39, 0.29) is 31.4 Å². The quantitative estimate of drug-likeness (QED) is 0.621. The van der Waals surface area contributed by atoms with Crippen LogP contribution in [0.3, 0.4) is 0 Å². The third-order valence-electron chi connectivity index (χ3n) is 4.23. The normalized spacial score (nSPS) is 14.0. The van der Waals surface area contributed by atoms with Gasteiger partial charge in [-0.15, -0.1) is 0 Å². The standard InChI is InChI=1S/C19H21F3N6O2S/c1-11(30)25-13-7-12(15-10-24-18(31-15)28(2)5-6-29)8-14(9-13)26-17-23-4-3-16(27-17)19(20,21)22/h7-10,29H,3-6H2,1-2H3,(H,23,26)(H,25,30). The first kappa shape index (κ1) is 22.7. The number of likely N-dealkylation sites (N-methyl/N-ethyl adjacent to an activating group) is 1. The molecule has 3 N–H and O–H groups in total. The van der Waals surface area contributed by atoms with Gasteiger partial charge in [-0.05, 0) is 23.8 Å². The maximum atomic E-state index is 13.0. The SMILES string of the molecule is CC(=O)Nc1cc(NC2=NCCC(C(F)(F)F)=N2)cc(-c2cnc(N(C)CCO)s2)c1. The molecule has 0 aliphatic carbocycles. The number of aliphatic imine (C=N–C) groups is 2. The molecule has 1 aliphatic heterocycles. The van der Waals surface area contributed by atoms with Crippen molar-refractivity contribution in [2.45, 2.75) is 19.5 Å². The molecule has 1 aliphatic rings. The fraction of sp³-hybridized carbons (Fsp3) is 0.368. The lowest BCUT2D eigenvalue weighted by Crippen LogP contribution is -2.29. The monoisotopic (exact) mass is 454 g/mol. The molecule has 3 rings (SSSR count). The Morgan fingerprint density at radius 1 is 1.29 bits per heavy atom. The summed E-state index contributed by atoms with van der Waals surface area (Å²) in [5, 5.41) is 15.3. The molecule has 1 aromatic heterocycles. The molecule has 0 fully saturated rings. The fourth-order valence-corrected chi connectivity index (χ4v) is 3.72. The number of carbonyl (C=O) groups is 1. The number of aromatic nitrogens is 1. The van der Waals surface area contributed by atoms with Gasteiger partial charge in [-0.1, -0.05) is 11.3 Å². The van der Waals surface area contributed by atoms with Gasteiger partial charge in [-0.3, -0.25) is 9.79 Å². The maximum Gasteiger partial charge on any atom is 0.429 e. The van der Waals surface area contributed by atoms with Crippen molar-refractivity contribution < 1.29 is 23.1 Å². The molecular formula is C19H21F3N6O2S. The molecule has 2 aromatic rings. The average molecular weight is 454 g/mol. The van der Waals surface area contributed by atoms with Crippen molar-refractivity contribution >= 4 is 45.4 Å². The molecule has 31 heavy (non-hydrogen) atoms. The zero-order chi connectivity index (χ0) is 22.6. The number of nitrogens with one attached hydrogen (secondary N) is 2. The second-order valence-electron chi connectivity index (χ2n) is 6.77. The van der Waals surface area contributed by atoms with Crippen LogP contribution >= 0.6 is 11.3 Å². The highest BCUT2D eigenvalue weighted by molar-refractivity contribution is 7.18. The van der Waals surface area contributed by atoms with Gasteiger partial charge in [0.1, 0.15) is 5.71 Å². The minimum absolute atomic E-state index is 0.0138. The molecule has 2 heterocycles. The Balaban J connectivity index is 1.92. The molecule has 0 atom stereocenters. The first-order chi connectivity index (χ1) is 14.7. The van der Waals surface area contributed by atoms with Crippen molar-refractivity contribution in [2.75, 3.05) is 42.3 Å². The fourth-order valence-electron chi connectivity index (χ4n) is 2.83. The number of alkyl halides is 3. The van der Waals surface area contributed by atoms with Crippen molar-refractivity contribution in [2.24, 2.45) is 9.98 Å². The van der Waals surface area contributed by atoms with E-state index in [0.717, 1.165) is 4.88 Å². The van der Waals surface area contributed by atoms with Crippen LogP contribution in [-0.2, 0) is 4.79 Å². The number of carbonyl (C=O) groups excluding carboxylic acids is 1. The second kappa shape index (κ2) is 9.43. The molecule has 1 amide bonds. The summed E-state index contributed by atoms with van der Waals surface area (Å²) >= 11 is 1.38. The van der Waals surface area contributed by atoms with E-state index in [1.165, 1.54) is 18.3 Å². The van der Waals surface area contributed by atoms with Crippen LogP contribution in [-0.4, -0.2) is 60.6 Å². The Kier molecular flexibility index (Phi) is 6.91. The first-order valence-corrected chi connectivity index (χ1v) is 10.1. The van der Waals surface area contributed by atoms with Crippen molar-refractivity contribution in [3.63, 3.8) is 0 Å². The Labute approximate surface area is 180 Å². The van der Waals surface area contributed by atoms with Crippen molar-refractivity contribution in [3.05, 3.63) is 24.4 Å². The van der Waals surface area contributed by atoms with Crippen LogP contribution in [0.4, 0.5) is 29.7 Å². The number of aliphatic hydroxyl groups is 1. The van der Waals surface area contributed by atoms with E-state index in [1.807, 2.05) is 0 Å². The smallest absolute Gasteiger partial charge is 0.395 e. The Bertz CT molecular complexity index is 1020. The van der Waals surface area contributed by atoms with Crippen LogP contribution in [0, 0.1) is 0 Å². The van der Waals surface area contributed by atoms with Gasteiger partial charge >= 0.3 is 6.18 Å². The molecule has 0 radical (unpaired) electrons. The zero-order valence-corrected chi connectivity index (χ0v) is 17.6. The maximum absolute atomic E-state index is 13.0. The first-order valence-electron chi connectivity index (χ1n) is 9.33. The molecule has 0 saturated heterocycles. The van der Waals surface area contributed by atoms with Crippen LogP contribution in [0.25, 0.3) is 10.4 Å². The number of halogens is 3. The summed E-state index contributed by atoms with van der Waals surface area (Å²) in [5.74, 6) is -0.430. The van der Waals surface area contributed by atoms with Crippen LogP contribution in [0.1, 0.15) is 13.3 Å².